The van der Waals surface area contributed by atoms with Crippen LogP contribution in [0.4, 0.5) is 0 Å². The van der Waals surface area contributed by atoms with E-state index in [1.54, 1.807) is 6.21 Å². The molecule has 5 nitrogen and oxygen atoms in total. The normalized spacial score (nSPS) is 33.5. The van der Waals surface area contributed by atoms with Crippen molar-refractivity contribution in [2.24, 2.45) is 40.6 Å². The van der Waals surface area contributed by atoms with Crippen molar-refractivity contribution < 1.29 is 9.59 Å². The summed E-state index contributed by atoms with van der Waals surface area (Å²) in [5.74, 6) is 1.01. The minimum Gasteiger partial charge on any atom is -0.318 e. The van der Waals surface area contributed by atoms with Crippen LogP contribution in [0, 0.1) is 49.4 Å². The maximum absolute atomic E-state index is 13.1. The van der Waals surface area contributed by atoms with E-state index in [9.17, 15) is 9.59 Å². The molecule has 1 saturated heterocycles. The molecule has 5 aliphatic rings. The van der Waals surface area contributed by atoms with Gasteiger partial charge in [0.1, 0.15) is 0 Å². The molecule has 30 heavy (non-hydrogen) atoms. The first-order chi connectivity index (χ1) is 14.5. The molecular formula is C24H22BrN3O2. The van der Waals surface area contributed by atoms with Crippen LogP contribution in [0.3, 0.4) is 0 Å². The van der Waals surface area contributed by atoms with Gasteiger partial charge in [-0.3, -0.25) is 9.59 Å². The second-order valence-electron chi connectivity index (χ2n) is 9.03. The third-order valence-corrected chi connectivity index (χ3v) is 8.04. The van der Waals surface area contributed by atoms with Crippen LogP contribution in [-0.4, -0.2) is 27.6 Å². The molecule has 1 aromatic carbocycles. The van der Waals surface area contributed by atoms with E-state index in [1.807, 2.05) is 32.0 Å². The number of carbonyl (C=O) groups is 2. The van der Waals surface area contributed by atoms with Gasteiger partial charge in [0.05, 0.1) is 18.1 Å². The van der Waals surface area contributed by atoms with E-state index in [0.717, 1.165) is 32.1 Å². The average Bonchev–Trinajstić information content (AvgIpc) is 3.46. The highest BCUT2D eigenvalue weighted by atomic mass is 79.9. The molecule has 0 unspecified atom stereocenters. The van der Waals surface area contributed by atoms with Crippen LogP contribution in [0.15, 0.2) is 52.1 Å². The highest BCUT2D eigenvalue weighted by Crippen LogP contribution is 2.65. The van der Waals surface area contributed by atoms with Crippen molar-refractivity contribution in [3.8, 4) is 5.69 Å². The summed E-state index contributed by atoms with van der Waals surface area (Å²) in [5.41, 5.74) is 4.08. The van der Waals surface area contributed by atoms with E-state index in [-0.39, 0.29) is 35.5 Å². The lowest BCUT2D eigenvalue weighted by atomic mass is 9.63. The Hall–Kier alpha value is -2.47. The lowest BCUT2D eigenvalue weighted by Crippen LogP contribution is -2.40. The van der Waals surface area contributed by atoms with Crippen molar-refractivity contribution in [2.45, 2.75) is 20.3 Å². The van der Waals surface area contributed by atoms with Gasteiger partial charge in [-0.15, -0.1) is 0 Å². The predicted octanol–water partition coefficient (Wildman–Crippen LogP) is 4.24. The zero-order valence-corrected chi connectivity index (χ0v) is 18.4. The van der Waals surface area contributed by atoms with Gasteiger partial charge in [0, 0.05) is 27.1 Å². The number of amides is 2. The number of carbonyl (C=O) groups excluding carboxylic acids is 2. The van der Waals surface area contributed by atoms with Gasteiger partial charge in [0.25, 0.3) is 11.8 Å². The number of halogens is 1. The molecule has 6 heteroatoms. The topological polar surface area (TPSA) is 54.7 Å². The summed E-state index contributed by atoms with van der Waals surface area (Å²) in [7, 11) is 0. The Balaban J connectivity index is 1.30. The van der Waals surface area contributed by atoms with Crippen LogP contribution in [0.2, 0.25) is 0 Å². The number of rotatable bonds is 3. The fourth-order valence-electron chi connectivity index (χ4n) is 6.08. The molecule has 7 rings (SSSR count). The number of aromatic nitrogens is 1. The maximum Gasteiger partial charge on any atom is 0.254 e. The molecule has 6 atom stereocenters. The zero-order chi connectivity index (χ0) is 20.7. The van der Waals surface area contributed by atoms with E-state index < -0.39 is 0 Å². The average molecular weight is 464 g/mol. The second-order valence-corrected chi connectivity index (χ2v) is 9.94. The van der Waals surface area contributed by atoms with Crippen molar-refractivity contribution >= 4 is 34.0 Å². The van der Waals surface area contributed by atoms with E-state index in [1.165, 1.54) is 6.42 Å². The molecule has 4 aliphatic carbocycles. The van der Waals surface area contributed by atoms with Gasteiger partial charge < -0.3 is 4.57 Å². The molecule has 0 spiro atoms. The molecule has 2 saturated carbocycles. The SMILES string of the molecule is Cc1cc(/C=N\N2C(=O)[C@@H]3[C@H]4C=C[C@@H]([C@@H]5C[C@H]45)[C@H]3C2=O)c(C)n1-c1ccc(Br)cc1. The highest BCUT2D eigenvalue weighted by Gasteiger charge is 2.67. The van der Waals surface area contributed by atoms with Gasteiger partial charge in [0.15, 0.2) is 0 Å². The standard InChI is InChI=1S/C24H22BrN3O2/c1-12-9-14(13(2)27(12)16-5-3-15(25)4-6-16)11-26-28-23(29)21-17-7-8-18(20-10-19(17)20)22(21)24(28)30/h3-9,11,17-22H,10H2,1-2H3/b26-11-/t17-,18-,19-,20+,21+,22+/m0/s1. The largest absolute Gasteiger partial charge is 0.318 e. The molecular weight excluding hydrogens is 442 g/mol. The molecule has 152 valence electrons. The third kappa shape index (κ3) is 2.43. The van der Waals surface area contributed by atoms with Gasteiger partial charge in [-0.2, -0.15) is 10.1 Å². The lowest BCUT2D eigenvalue weighted by Gasteiger charge is -2.37. The summed E-state index contributed by atoms with van der Waals surface area (Å²) in [4.78, 5) is 26.2. The van der Waals surface area contributed by atoms with E-state index in [2.05, 4.69) is 49.9 Å². The van der Waals surface area contributed by atoms with Gasteiger partial charge in [0.2, 0.25) is 0 Å². The van der Waals surface area contributed by atoms with Gasteiger partial charge >= 0.3 is 0 Å². The first-order valence-electron chi connectivity index (χ1n) is 10.5. The maximum atomic E-state index is 13.1. The van der Waals surface area contributed by atoms with Crippen molar-refractivity contribution in [2.75, 3.05) is 0 Å². The van der Waals surface area contributed by atoms with Gasteiger partial charge in [-0.25, -0.2) is 0 Å². The summed E-state index contributed by atoms with van der Waals surface area (Å²) in [6.07, 6.45) is 7.20. The highest BCUT2D eigenvalue weighted by molar-refractivity contribution is 9.10. The van der Waals surface area contributed by atoms with Crippen LogP contribution in [-0.2, 0) is 9.59 Å². The number of aryl methyl sites for hydroxylation is 1. The number of benzene rings is 1. The monoisotopic (exact) mass is 463 g/mol. The van der Waals surface area contributed by atoms with Crippen molar-refractivity contribution in [1.29, 1.82) is 0 Å². The molecule has 3 fully saturated rings. The lowest BCUT2D eigenvalue weighted by molar-refractivity contribution is -0.140. The predicted molar refractivity (Wildman–Crippen MR) is 117 cm³/mol. The fraction of sp³-hybridized carbons (Fsp3) is 0.375. The summed E-state index contributed by atoms with van der Waals surface area (Å²) in [6, 6.07) is 10.2. The Morgan fingerprint density at radius 2 is 1.60 bits per heavy atom. The number of hydrogen-bond donors (Lipinski definition) is 0. The molecule has 2 aromatic rings. The van der Waals surface area contributed by atoms with Crippen LogP contribution in [0.5, 0.6) is 0 Å². The minimum atomic E-state index is -0.205. The zero-order valence-electron chi connectivity index (χ0n) is 16.8. The Morgan fingerprint density at radius 1 is 1.00 bits per heavy atom. The van der Waals surface area contributed by atoms with Gasteiger partial charge in [-0.05, 0) is 74.3 Å². The number of nitrogens with zero attached hydrogens (tertiary/aromatic N) is 3. The molecule has 2 amide bonds. The number of allylic oxidation sites excluding steroid dienone is 2. The second kappa shape index (κ2) is 6.27. The summed E-state index contributed by atoms with van der Waals surface area (Å²) in [5, 5.41) is 5.55. The number of hydrogen-bond acceptors (Lipinski definition) is 3. The first kappa shape index (κ1) is 18.3. The molecule has 0 N–H and O–H groups in total. The summed E-state index contributed by atoms with van der Waals surface area (Å²) in [6.45, 7) is 4.07. The summed E-state index contributed by atoms with van der Waals surface area (Å²) < 4.78 is 3.18. The molecule has 2 bridgehead atoms. The Bertz CT molecular complexity index is 1110. The Labute approximate surface area is 183 Å². The van der Waals surface area contributed by atoms with Crippen LogP contribution >= 0.6 is 15.9 Å². The minimum absolute atomic E-state index is 0.118. The van der Waals surface area contributed by atoms with E-state index in [4.69, 9.17) is 0 Å². The number of hydrazone groups is 1. The van der Waals surface area contributed by atoms with Crippen molar-refractivity contribution in [1.82, 2.24) is 9.58 Å². The first-order valence-corrected chi connectivity index (χ1v) is 11.3. The molecule has 0 radical (unpaired) electrons. The van der Waals surface area contributed by atoms with Crippen LogP contribution in [0.1, 0.15) is 23.4 Å². The molecule has 1 aliphatic heterocycles. The van der Waals surface area contributed by atoms with Crippen molar-refractivity contribution in [3.05, 3.63) is 63.9 Å². The van der Waals surface area contributed by atoms with Gasteiger partial charge in [-0.1, -0.05) is 28.1 Å². The van der Waals surface area contributed by atoms with Crippen LogP contribution in [0.25, 0.3) is 5.69 Å². The Morgan fingerprint density at radius 3 is 2.20 bits per heavy atom. The van der Waals surface area contributed by atoms with Crippen LogP contribution < -0.4 is 0 Å². The van der Waals surface area contributed by atoms with E-state index >= 15 is 0 Å². The summed E-state index contributed by atoms with van der Waals surface area (Å²) >= 11 is 3.47. The van der Waals surface area contributed by atoms with E-state index in [0.29, 0.717) is 11.8 Å². The molecule has 1 aromatic heterocycles. The molecule has 2 heterocycles. The number of imide groups is 1. The Kier molecular flexibility index (Phi) is 3.82. The third-order valence-electron chi connectivity index (χ3n) is 7.51. The quantitative estimate of drug-likeness (QED) is 0.388. The van der Waals surface area contributed by atoms with Crippen molar-refractivity contribution in [3.63, 3.8) is 0 Å². The fourth-order valence-corrected chi connectivity index (χ4v) is 6.35. The smallest absolute Gasteiger partial charge is 0.254 e.